The number of hydrogen-bond donors (Lipinski definition) is 1. The van der Waals surface area contributed by atoms with Crippen LogP contribution in [0.25, 0.3) is 10.9 Å². The standard InChI is InChI=1S/C9H7NO.Al.O/c11-8-5-1-3-7-4-2-6-10-9(7)8;;/h1-6,11H;;. The third-order valence-corrected chi connectivity index (χ3v) is 1.61. The van der Waals surface area contributed by atoms with E-state index >= 15 is 0 Å². The van der Waals surface area contributed by atoms with Crippen molar-refractivity contribution in [3.05, 3.63) is 36.5 Å². The summed E-state index contributed by atoms with van der Waals surface area (Å²) in [6.07, 6.45) is 1.67. The number of nitrogens with zero attached hydrogens (tertiary/aromatic N) is 1. The van der Waals surface area contributed by atoms with E-state index in [-0.39, 0.29) is 5.75 Å². The fourth-order valence-electron chi connectivity index (χ4n) is 1.09. The van der Waals surface area contributed by atoms with Gasteiger partial charge in [-0.1, -0.05) is 18.2 Å². The zero-order valence-electron chi connectivity index (χ0n) is 6.84. The molecule has 3 nitrogen and oxygen atoms in total. The Balaban J connectivity index is 0.000000396. The van der Waals surface area contributed by atoms with Crippen molar-refractivity contribution in [2.24, 2.45) is 0 Å². The SMILES string of the molecule is Oc1cccc2cccnc12.[O]=[Al]. The molecule has 0 aliphatic heterocycles. The molecule has 0 atom stereocenters. The second-order valence-electron chi connectivity index (χ2n) is 2.35. The minimum absolute atomic E-state index is 0.239. The average Bonchev–Trinajstić information content (AvgIpc) is 2.22. The predicted octanol–water partition coefficient (Wildman–Crippen LogP) is 1.44. The molecule has 2 rings (SSSR count). The van der Waals surface area contributed by atoms with Crippen molar-refractivity contribution in [1.82, 2.24) is 4.98 Å². The molecule has 1 aromatic heterocycles. The van der Waals surface area contributed by atoms with Crippen LogP contribution in [0.1, 0.15) is 0 Å². The van der Waals surface area contributed by atoms with Crippen LogP contribution < -0.4 is 0 Å². The Morgan fingerprint density at radius 1 is 1.15 bits per heavy atom. The third kappa shape index (κ3) is 2.12. The molecule has 63 valence electrons. The first kappa shape index (κ1) is 9.85. The number of fused-ring (bicyclic) bond motifs is 1. The third-order valence-electron chi connectivity index (χ3n) is 1.61. The van der Waals surface area contributed by atoms with E-state index in [4.69, 9.17) is 3.80 Å². The zero-order chi connectivity index (χ0) is 9.68. The van der Waals surface area contributed by atoms with Crippen LogP contribution in [-0.2, 0) is 3.80 Å². The van der Waals surface area contributed by atoms with E-state index in [1.165, 1.54) is 16.2 Å². The molecule has 0 spiro atoms. The van der Waals surface area contributed by atoms with Crippen LogP contribution in [0.2, 0.25) is 0 Å². The van der Waals surface area contributed by atoms with Crippen molar-refractivity contribution >= 4 is 27.1 Å². The molecule has 0 fully saturated rings. The summed E-state index contributed by atoms with van der Waals surface area (Å²) in [7, 11) is 0. The van der Waals surface area contributed by atoms with Crippen LogP contribution in [0.4, 0.5) is 0 Å². The molecule has 0 saturated carbocycles. The molecule has 1 aromatic carbocycles. The van der Waals surface area contributed by atoms with Crippen LogP contribution in [0.3, 0.4) is 0 Å². The van der Waals surface area contributed by atoms with Gasteiger partial charge in [-0.2, -0.15) is 0 Å². The number of para-hydroxylation sites is 1. The quantitative estimate of drug-likeness (QED) is 0.636. The maximum atomic E-state index is 9.31. The number of benzene rings is 1. The van der Waals surface area contributed by atoms with Gasteiger partial charge in [-0.25, -0.2) is 0 Å². The molecule has 0 saturated heterocycles. The van der Waals surface area contributed by atoms with Crippen molar-refractivity contribution in [1.29, 1.82) is 0 Å². The molecule has 0 aliphatic carbocycles. The molecule has 0 aliphatic rings. The van der Waals surface area contributed by atoms with Crippen LogP contribution in [0.15, 0.2) is 36.5 Å². The summed E-state index contributed by atoms with van der Waals surface area (Å²) < 4.78 is 8.17. The van der Waals surface area contributed by atoms with Crippen LogP contribution in [0, 0.1) is 0 Å². The second kappa shape index (κ2) is 4.71. The van der Waals surface area contributed by atoms with Gasteiger partial charge in [0.2, 0.25) is 0 Å². The van der Waals surface area contributed by atoms with Gasteiger partial charge in [0, 0.05) is 11.6 Å². The molecule has 1 radical (unpaired) electrons. The van der Waals surface area contributed by atoms with E-state index in [1.54, 1.807) is 18.3 Å². The van der Waals surface area contributed by atoms with Crippen molar-refractivity contribution in [2.45, 2.75) is 0 Å². The molecule has 0 amide bonds. The Morgan fingerprint density at radius 3 is 2.54 bits per heavy atom. The fourth-order valence-corrected chi connectivity index (χ4v) is 1.09. The number of phenolic OH excluding ortho intramolecular Hbond substituents is 1. The van der Waals surface area contributed by atoms with Gasteiger partial charge in [0.15, 0.2) is 0 Å². The topological polar surface area (TPSA) is 50.2 Å². The van der Waals surface area contributed by atoms with Crippen molar-refractivity contribution in [3.63, 3.8) is 0 Å². The number of pyridine rings is 1. The van der Waals surface area contributed by atoms with E-state index in [9.17, 15) is 5.11 Å². The summed E-state index contributed by atoms with van der Waals surface area (Å²) in [4.78, 5) is 4.03. The number of hydrogen-bond acceptors (Lipinski definition) is 3. The molecule has 13 heavy (non-hydrogen) atoms. The molecular weight excluding hydrogens is 181 g/mol. The summed E-state index contributed by atoms with van der Waals surface area (Å²) in [6, 6.07) is 9.13. The number of aromatic hydroxyl groups is 1. The van der Waals surface area contributed by atoms with E-state index in [1.807, 2.05) is 18.2 Å². The summed E-state index contributed by atoms with van der Waals surface area (Å²) in [6.45, 7) is 0. The molecule has 1 heterocycles. The Bertz CT molecular complexity index is 400. The molecular formula is C9H7AlNO2. The van der Waals surface area contributed by atoms with E-state index in [2.05, 4.69) is 4.98 Å². The normalized spacial score (nSPS) is 8.85. The monoisotopic (exact) mass is 188 g/mol. The second-order valence-corrected chi connectivity index (χ2v) is 2.35. The van der Waals surface area contributed by atoms with E-state index < -0.39 is 0 Å². The number of phenols is 1. The minimum atomic E-state index is 0.239. The van der Waals surface area contributed by atoms with Gasteiger partial charge in [0.05, 0.1) is 0 Å². The van der Waals surface area contributed by atoms with E-state index in [0.29, 0.717) is 5.52 Å². The number of aromatic nitrogens is 1. The maximum absolute atomic E-state index is 9.31. The summed E-state index contributed by atoms with van der Waals surface area (Å²) in [5, 5.41) is 10.3. The van der Waals surface area contributed by atoms with Crippen molar-refractivity contribution in [2.75, 3.05) is 0 Å². The van der Waals surface area contributed by atoms with Crippen molar-refractivity contribution < 1.29 is 8.91 Å². The molecule has 4 heteroatoms. The first-order valence-corrected chi connectivity index (χ1v) is 4.11. The molecule has 1 N–H and O–H groups in total. The van der Waals surface area contributed by atoms with Gasteiger partial charge in [0.25, 0.3) is 0 Å². The van der Waals surface area contributed by atoms with Gasteiger partial charge in [-0.05, 0) is 12.1 Å². The van der Waals surface area contributed by atoms with Crippen LogP contribution in [-0.4, -0.2) is 26.3 Å². The fraction of sp³-hybridized carbons (Fsp3) is 0. The Kier molecular flexibility index (Phi) is 3.57. The number of rotatable bonds is 0. The van der Waals surface area contributed by atoms with Gasteiger partial charge in [0.1, 0.15) is 11.3 Å². The first-order chi connectivity index (χ1) is 6.38. The van der Waals surface area contributed by atoms with Crippen molar-refractivity contribution in [3.8, 4) is 5.75 Å². The van der Waals surface area contributed by atoms with Gasteiger partial charge in [-0.15, -0.1) is 0 Å². The molecule has 2 aromatic rings. The average molecular weight is 188 g/mol. The Morgan fingerprint density at radius 2 is 1.85 bits per heavy atom. The summed E-state index contributed by atoms with van der Waals surface area (Å²) >= 11 is 1.17. The molecule has 0 unspecified atom stereocenters. The van der Waals surface area contributed by atoms with Crippen LogP contribution in [0.5, 0.6) is 5.75 Å². The Hall–Kier alpha value is -1.24. The molecule has 0 bridgehead atoms. The summed E-state index contributed by atoms with van der Waals surface area (Å²) in [5.74, 6) is 0.239. The van der Waals surface area contributed by atoms with Gasteiger partial charge in [-0.3, -0.25) is 4.98 Å². The zero-order valence-corrected chi connectivity index (χ0v) is 8.00. The van der Waals surface area contributed by atoms with Gasteiger partial charge >= 0.3 is 20.0 Å². The first-order valence-electron chi connectivity index (χ1n) is 3.64. The summed E-state index contributed by atoms with van der Waals surface area (Å²) in [5.41, 5.74) is 0.662. The van der Waals surface area contributed by atoms with E-state index in [0.717, 1.165) is 5.39 Å². The van der Waals surface area contributed by atoms with Gasteiger partial charge < -0.3 is 5.11 Å². The van der Waals surface area contributed by atoms with Crippen LogP contribution >= 0.6 is 0 Å². The Labute approximate surface area is 83.7 Å². The predicted molar refractivity (Wildman–Crippen MR) is 49.8 cm³/mol.